The first-order chi connectivity index (χ1) is 12.9. The number of benzene rings is 1. The van der Waals surface area contributed by atoms with E-state index in [0.29, 0.717) is 24.6 Å². The van der Waals surface area contributed by atoms with Gasteiger partial charge in [-0.2, -0.15) is 8.78 Å². The largest absolute Gasteiger partial charge is 0.434 e. The van der Waals surface area contributed by atoms with E-state index in [1.807, 2.05) is 25.7 Å². The number of alkyl halides is 2. The van der Waals surface area contributed by atoms with Gasteiger partial charge in [-0.05, 0) is 19.4 Å². The van der Waals surface area contributed by atoms with E-state index >= 15 is 0 Å². The summed E-state index contributed by atoms with van der Waals surface area (Å²) in [6.45, 7) is 5.10. The number of nitrogens with zero attached hydrogens (tertiary/aromatic N) is 2. The van der Waals surface area contributed by atoms with Gasteiger partial charge in [0.15, 0.2) is 5.96 Å². The lowest BCUT2D eigenvalue weighted by molar-refractivity contribution is -0.133. The van der Waals surface area contributed by atoms with Crippen LogP contribution < -0.4 is 15.4 Å². The molecule has 27 heavy (non-hydrogen) atoms. The van der Waals surface area contributed by atoms with Gasteiger partial charge in [0.2, 0.25) is 5.91 Å². The van der Waals surface area contributed by atoms with Gasteiger partial charge in [-0.1, -0.05) is 32.0 Å². The molecule has 1 aromatic carbocycles. The first-order valence-corrected chi connectivity index (χ1v) is 9.27. The maximum atomic E-state index is 12.5. The molecule has 2 N–H and O–H groups in total. The van der Waals surface area contributed by atoms with E-state index in [4.69, 9.17) is 0 Å². The number of amides is 1. The van der Waals surface area contributed by atoms with Gasteiger partial charge in [-0.3, -0.25) is 4.79 Å². The van der Waals surface area contributed by atoms with Crippen LogP contribution in [0.2, 0.25) is 0 Å². The highest BCUT2D eigenvalue weighted by Gasteiger charge is 2.27. The molecule has 1 fully saturated rings. The third-order valence-electron chi connectivity index (χ3n) is 4.28. The average molecular weight is 382 g/mol. The summed E-state index contributed by atoms with van der Waals surface area (Å²) in [5.74, 6) is 0.853. The van der Waals surface area contributed by atoms with Crippen molar-refractivity contribution in [1.29, 1.82) is 0 Å². The Bertz CT molecular complexity index is 652. The normalized spacial score (nSPS) is 17.5. The van der Waals surface area contributed by atoms with Crippen LogP contribution in [0.15, 0.2) is 29.3 Å². The van der Waals surface area contributed by atoms with Gasteiger partial charge in [-0.25, -0.2) is 4.99 Å². The summed E-state index contributed by atoms with van der Waals surface area (Å²) in [5.41, 5.74) is 0.582. The molecule has 0 radical (unpaired) electrons. The van der Waals surface area contributed by atoms with Crippen LogP contribution in [-0.4, -0.2) is 49.1 Å². The minimum absolute atomic E-state index is 0.0167. The van der Waals surface area contributed by atoms with E-state index in [2.05, 4.69) is 20.4 Å². The molecule has 0 aliphatic carbocycles. The lowest BCUT2D eigenvalue weighted by Gasteiger charge is -2.20. The summed E-state index contributed by atoms with van der Waals surface area (Å²) in [7, 11) is 0. The number of halogens is 2. The molecule has 1 aliphatic heterocycles. The van der Waals surface area contributed by atoms with Crippen LogP contribution in [0.4, 0.5) is 8.78 Å². The van der Waals surface area contributed by atoms with Crippen molar-refractivity contribution in [1.82, 2.24) is 15.5 Å². The van der Waals surface area contributed by atoms with Crippen LogP contribution in [0.5, 0.6) is 5.75 Å². The maximum absolute atomic E-state index is 12.5. The number of para-hydroxylation sites is 1. The fourth-order valence-electron chi connectivity index (χ4n) is 2.97. The second-order valence-corrected chi connectivity index (χ2v) is 6.75. The molecular weight excluding hydrogens is 354 g/mol. The summed E-state index contributed by atoms with van der Waals surface area (Å²) < 4.78 is 29.6. The van der Waals surface area contributed by atoms with Crippen LogP contribution in [0.1, 0.15) is 32.8 Å². The molecule has 1 unspecified atom stereocenters. The monoisotopic (exact) mass is 382 g/mol. The van der Waals surface area contributed by atoms with Crippen LogP contribution in [0.3, 0.4) is 0 Å². The molecule has 1 saturated heterocycles. The second-order valence-electron chi connectivity index (χ2n) is 6.75. The number of likely N-dealkylation sites (tertiary alicyclic amines) is 1. The Morgan fingerprint density at radius 1 is 1.37 bits per heavy atom. The Kier molecular flexibility index (Phi) is 7.82. The van der Waals surface area contributed by atoms with Crippen LogP contribution >= 0.6 is 0 Å². The zero-order chi connectivity index (χ0) is 19.8. The number of ether oxygens (including phenoxy) is 1. The predicted molar refractivity (Wildman–Crippen MR) is 101 cm³/mol. The molecule has 0 bridgehead atoms. The van der Waals surface area contributed by atoms with Crippen molar-refractivity contribution in [3.63, 3.8) is 0 Å². The molecule has 1 aliphatic rings. The van der Waals surface area contributed by atoms with Crippen molar-refractivity contribution in [2.24, 2.45) is 10.9 Å². The predicted octanol–water partition coefficient (Wildman–Crippen LogP) is 2.60. The first-order valence-electron chi connectivity index (χ1n) is 9.27. The average Bonchev–Trinajstić information content (AvgIpc) is 3.08. The fraction of sp³-hybridized carbons (Fsp3) is 0.579. The summed E-state index contributed by atoms with van der Waals surface area (Å²) in [5, 5.41) is 6.48. The molecule has 1 atom stereocenters. The number of aliphatic imine (C=N–C) groups is 1. The molecule has 6 nitrogen and oxygen atoms in total. The van der Waals surface area contributed by atoms with Gasteiger partial charge in [0.25, 0.3) is 0 Å². The third-order valence-corrected chi connectivity index (χ3v) is 4.28. The number of hydrogen-bond acceptors (Lipinski definition) is 3. The molecular formula is C19H28F2N4O2. The van der Waals surface area contributed by atoms with E-state index < -0.39 is 6.61 Å². The first kappa shape index (κ1) is 20.9. The molecule has 0 saturated carbocycles. The van der Waals surface area contributed by atoms with Crippen LogP contribution in [-0.2, 0) is 11.3 Å². The molecule has 1 amide bonds. The van der Waals surface area contributed by atoms with Gasteiger partial charge in [0.05, 0.1) is 6.54 Å². The van der Waals surface area contributed by atoms with Crippen LogP contribution in [0.25, 0.3) is 0 Å². The van der Waals surface area contributed by atoms with Crippen molar-refractivity contribution in [2.45, 2.75) is 46.4 Å². The lowest BCUT2D eigenvalue weighted by atomic mass is 10.2. The number of carbonyl (C=O) groups excluding carboxylic acids is 1. The Morgan fingerprint density at radius 3 is 2.78 bits per heavy atom. The molecule has 0 aromatic heterocycles. The Morgan fingerprint density at radius 2 is 2.11 bits per heavy atom. The van der Waals surface area contributed by atoms with Crippen molar-refractivity contribution in [3.8, 4) is 5.75 Å². The van der Waals surface area contributed by atoms with Gasteiger partial charge in [0.1, 0.15) is 5.75 Å². The van der Waals surface area contributed by atoms with Gasteiger partial charge in [-0.15, -0.1) is 0 Å². The smallest absolute Gasteiger partial charge is 0.387 e. The minimum Gasteiger partial charge on any atom is -0.434 e. The zero-order valence-corrected chi connectivity index (χ0v) is 16.0. The number of carbonyl (C=O) groups is 1. The van der Waals surface area contributed by atoms with E-state index in [0.717, 1.165) is 13.0 Å². The molecule has 2 rings (SSSR count). The van der Waals surface area contributed by atoms with Crippen molar-refractivity contribution in [2.75, 3.05) is 19.6 Å². The summed E-state index contributed by atoms with van der Waals surface area (Å²) in [6, 6.07) is 6.73. The number of hydrogen-bond donors (Lipinski definition) is 2. The molecule has 8 heteroatoms. The van der Waals surface area contributed by atoms with E-state index in [1.165, 1.54) is 6.07 Å². The summed E-state index contributed by atoms with van der Waals surface area (Å²) in [4.78, 5) is 18.5. The highest BCUT2D eigenvalue weighted by molar-refractivity contribution is 5.81. The Labute approximate surface area is 159 Å². The minimum atomic E-state index is -2.87. The van der Waals surface area contributed by atoms with Crippen molar-refractivity contribution >= 4 is 11.9 Å². The van der Waals surface area contributed by atoms with E-state index in [9.17, 15) is 13.6 Å². The number of guanidine groups is 1. The molecule has 0 spiro atoms. The number of rotatable bonds is 7. The van der Waals surface area contributed by atoms with E-state index in [-0.39, 0.29) is 30.2 Å². The van der Waals surface area contributed by atoms with Gasteiger partial charge in [0, 0.05) is 37.2 Å². The van der Waals surface area contributed by atoms with Crippen LogP contribution in [0, 0.1) is 5.92 Å². The maximum Gasteiger partial charge on any atom is 0.387 e. The standard InChI is InChI=1S/C19H28F2N4O2/c1-4-22-19(24-15-9-10-25(12-15)17(26)13(2)3)23-11-14-7-5-6-8-16(14)27-18(20)21/h5-8,13,15,18H,4,9-12H2,1-3H3,(H2,22,23,24). The zero-order valence-electron chi connectivity index (χ0n) is 16.0. The van der Waals surface area contributed by atoms with Gasteiger partial charge >= 0.3 is 6.61 Å². The lowest BCUT2D eigenvalue weighted by Crippen LogP contribution is -2.45. The molecule has 1 aromatic rings. The Hall–Kier alpha value is -2.38. The van der Waals surface area contributed by atoms with E-state index in [1.54, 1.807) is 18.2 Å². The molecule has 150 valence electrons. The third kappa shape index (κ3) is 6.37. The quantitative estimate of drug-likeness (QED) is 0.562. The Balaban J connectivity index is 2.00. The topological polar surface area (TPSA) is 66.0 Å². The number of nitrogens with one attached hydrogen (secondary N) is 2. The van der Waals surface area contributed by atoms with Crippen molar-refractivity contribution in [3.05, 3.63) is 29.8 Å². The van der Waals surface area contributed by atoms with Gasteiger partial charge < -0.3 is 20.3 Å². The summed E-state index contributed by atoms with van der Waals surface area (Å²) in [6.07, 6.45) is 0.841. The van der Waals surface area contributed by atoms with Crippen molar-refractivity contribution < 1.29 is 18.3 Å². The SMILES string of the molecule is CCNC(=NCc1ccccc1OC(F)F)NC1CCN(C(=O)C(C)C)C1. The molecule has 1 heterocycles. The highest BCUT2D eigenvalue weighted by atomic mass is 19.3. The second kappa shape index (κ2) is 10.1. The fourth-order valence-corrected chi connectivity index (χ4v) is 2.97. The highest BCUT2D eigenvalue weighted by Crippen LogP contribution is 2.21. The summed E-state index contributed by atoms with van der Waals surface area (Å²) >= 11 is 0.